The SMILES string of the molecule is CCCn1ncc(OC)c1C(CSC(C)CC)NC. The lowest BCUT2D eigenvalue weighted by atomic mass is 10.2. The number of nitrogens with zero attached hydrogens (tertiary/aromatic N) is 2. The van der Waals surface area contributed by atoms with Gasteiger partial charge in [0.05, 0.1) is 25.0 Å². The molecule has 0 aromatic carbocycles. The molecule has 1 rings (SSSR count). The van der Waals surface area contributed by atoms with Gasteiger partial charge in [-0.1, -0.05) is 20.8 Å². The van der Waals surface area contributed by atoms with Crippen molar-refractivity contribution in [3.8, 4) is 5.75 Å². The van der Waals surface area contributed by atoms with Crippen LogP contribution in [0.1, 0.15) is 45.3 Å². The Labute approximate surface area is 121 Å². The molecule has 5 heteroatoms. The molecule has 0 amide bonds. The van der Waals surface area contributed by atoms with Crippen LogP contribution in [0.15, 0.2) is 6.20 Å². The van der Waals surface area contributed by atoms with E-state index in [1.807, 2.05) is 25.0 Å². The smallest absolute Gasteiger partial charge is 0.161 e. The quantitative estimate of drug-likeness (QED) is 0.757. The monoisotopic (exact) mass is 285 g/mol. The van der Waals surface area contributed by atoms with Gasteiger partial charge in [-0.15, -0.1) is 0 Å². The van der Waals surface area contributed by atoms with Gasteiger partial charge in [0.15, 0.2) is 5.75 Å². The standard InChI is InChI=1S/C14H27N3OS/c1-6-8-17-14(13(18-5)9-16-17)12(15-4)10-19-11(3)7-2/h9,11-12,15H,6-8,10H2,1-5H3. The van der Waals surface area contributed by atoms with Gasteiger partial charge in [-0.05, 0) is 19.9 Å². The minimum atomic E-state index is 0.281. The van der Waals surface area contributed by atoms with E-state index < -0.39 is 0 Å². The van der Waals surface area contributed by atoms with E-state index in [0.717, 1.165) is 24.5 Å². The summed E-state index contributed by atoms with van der Waals surface area (Å²) >= 11 is 1.99. The van der Waals surface area contributed by atoms with E-state index in [0.29, 0.717) is 5.25 Å². The number of aryl methyl sites for hydroxylation is 1. The Hall–Kier alpha value is -0.680. The predicted octanol–water partition coefficient (Wildman–Crippen LogP) is 3.09. The van der Waals surface area contributed by atoms with Gasteiger partial charge in [0.2, 0.25) is 0 Å². The van der Waals surface area contributed by atoms with Gasteiger partial charge in [0.25, 0.3) is 0 Å². The lowest BCUT2D eigenvalue weighted by molar-refractivity contribution is 0.398. The number of nitrogens with one attached hydrogen (secondary N) is 1. The van der Waals surface area contributed by atoms with E-state index in [1.54, 1.807) is 7.11 Å². The summed E-state index contributed by atoms with van der Waals surface area (Å²) in [6.45, 7) is 7.61. The molecule has 0 radical (unpaired) electrons. The van der Waals surface area contributed by atoms with Crippen LogP contribution in [-0.2, 0) is 6.54 Å². The predicted molar refractivity (Wildman–Crippen MR) is 83.1 cm³/mol. The first-order valence-electron chi connectivity index (χ1n) is 7.06. The number of hydrogen-bond donors (Lipinski definition) is 1. The van der Waals surface area contributed by atoms with Gasteiger partial charge in [0, 0.05) is 17.5 Å². The number of hydrogen-bond acceptors (Lipinski definition) is 4. The summed E-state index contributed by atoms with van der Waals surface area (Å²) in [5, 5.41) is 8.52. The normalized spacial score (nSPS) is 14.4. The third-order valence-corrected chi connectivity index (χ3v) is 4.73. The van der Waals surface area contributed by atoms with Crippen LogP contribution in [0.3, 0.4) is 0 Å². The van der Waals surface area contributed by atoms with Crippen LogP contribution in [0.2, 0.25) is 0 Å². The third-order valence-electron chi connectivity index (χ3n) is 3.30. The number of thioether (sulfide) groups is 1. The first-order valence-corrected chi connectivity index (χ1v) is 8.11. The highest BCUT2D eigenvalue weighted by Gasteiger charge is 2.21. The van der Waals surface area contributed by atoms with Crippen LogP contribution in [-0.4, -0.2) is 34.9 Å². The van der Waals surface area contributed by atoms with Gasteiger partial charge in [-0.3, -0.25) is 4.68 Å². The molecule has 0 spiro atoms. The minimum absolute atomic E-state index is 0.281. The molecule has 0 saturated carbocycles. The van der Waals surface area contributed by atoms with Crippen molar-refractivity contribution in [3.05, 3.63) is 11.9 Å². The zero-order valence-corrected chi connectivity index (χ0v) is 13.6. The summed E-state index contributed by atoms with van der Waals surface area (Å²) in [4.78, 5) is 0. The van der Waals surface area contributed by atoms with E-state index >= 15 is 0 Å². The maximum atomic E-state index is 5.46. The molecule has 1 heterocycles. The van der Waals surface area contributed by atoms with Gasteiger partial charge in [-0.25, -0.2) is 0 Å². The van der Waals surface area contributed by atoms with Crippen LogP contribution in [0.5, 0.6) is 5.75 Å². The molecule has 1 aromatic heterocycles. The molecule has 110 valence electrons. The van der Waals surface area contributed by atoms with Crippen molar-refractivity contribution in [1.82, 2.24) is 15.1 Å². The average molecular weight is 285 g/mol. The van der Waals surface area contributed by atoms with Crippen molar-refractivity contribution < 1.29 is 4.74 Å². The minimum Gasteiger partial charge on any atom is -0.493 e. The summed E-state index contributed by atoms with van der Waals surface area (Å²) in [5.74, 6) is 1.93. The van der Waals surface area contributed by atoms with Crippen molar-refractivity contribution in [3.63, 3.8) is 0 Å². The molecule has 0 aliphatic heterocycles. The van der Waals surface area contributed by atoms with Crippen LogP contribution >= 0.6 is 11.8 Å². The molecule has 1 aromatic rings. The lowest BCUT2D eigenvalue weighted by Gasteiger charge is -2.20. The van der Waals surface area contributed by atoms with Gasteiger partial charge < -0.3 is 10.1 Å². The first kappa shape index (κ1) is 16.4. The Kier molecular flexibility index (Phi) is 7.31. The fraction of sp³-hybridized carbons (Fsp3) is 0.786. The third kappa shape index (κ3) is 4.42. The van der Waals surface area contributed by atoms with Crippen molar-refractivity contribution in [2.24, 2.45) is 0 Å². The topological polar surface area (TPSA) is 39.1 Å². The molecule has 0 aliphatic carbocycles. The van der Waals surface area contributed by atoms with Crippen molar-refractivity contribution in [1.29, 1.82) is 0 Å². The second-order valence-electron chi connectivity index (χ2n) is 4.71. The molecule has 0 bridgehead atoms. The summed E-state index contributed by atoms with van der Waals surface area (Å²) in [7, 11) is 3.72. The summed E-state index contributed by atoms with van der Waals surface area (Å²) < 4.78 is 7.52. The number of methoxy groups -OCH3 is 1. The molecule has 0 saturated heterocycles. The summed E-state index contributed by atoms with van der Waals surface area (Å²) in [6, 6.07) is 0.281. The number of aromatic nitrogens is 2. The van der Waals surface area contributed by atoms with E-state index in [1.165, 1.54) is 12.1 Å². The maximum absolute atomic E-state index is 5.46. The van der Waals surface area contributed by atoms with Gasteiger partial charge >= 0.3 is 0 Å². The van der Waals surface area contributed by atoms with Crippen LogP contribution in [0, 0.1) is 0 Å². The highest BCUT2D eigenvalue weighted by atomic mass is 32.2. The summed E-state index contributed by atoms with van der Waals surface area (Å²) in [5.41, 5.74) is 1.17. The van der Waals surface area contributed by atoms with E-state index in [9.17, 15) is 0 Å². The molecule has 0 aliphatic rings. The van der Waals surface area contributed by atoms with Gasteiger partial charge in [0.1, 0.15) is 0 Å². The van der Waals surface area contributed by atoms with Crippen LogP contribution in [0.4, 0.5) is 0 Å². The highest BCUT2D eigenvalue weighted by Crippen LogP contribution is 2.29. The van der Waals surface area contributed by atoms with E-state index in [4.69, 9.17) is 4.74 Å². The first-order chi connectivity index (χ1) is 9.17. The Morgan fingerprint density at radius 1 is 1.47 bits per heavy atom. The zero-order valence-electron chi connectivity index (χ0n) is 12.8. The van der Waals surface area contributed by atoms with Gasteiger partial charge in [-0.2, -0.15) is 16.9 Å². The van der Waals surface area contributed by atoms with Crippen molar-refractivity contribution in [2.75, 3.05) is 19.9 Å². The Morgan fingerprint density at radius 2 is 2.21 bits per heavy atom. The Balaban J connectivity index is 2.85. The molecule has 2 atom stereocenters. The fourth-order valence-corrected chi connectivity index (χ4v) is 3.04. The molecular weight excluding hydrogens is 258 g/mol. The second-order valence-corrected chi connectivity index (χ2v) is 6.19. The molecular formula is C14H27N3OS. The molecule has 2 unspecified atom stereocenters. The van der Waals surface area contributed by atoms with Crippen molar-refractivity contribution >= 4 is 11.8 Å². The van der Waals surface area contributed by atoms with E-state index in [-0.39, 0.29) is 6.04 Å². The highest BCUT2D eigenvalue weighted by molar-refractivity contribution is 7.99. The average Bonchev–Trinajstić information content (AvgIpc) is 2.83. The maximum Gasteiger partial charge on any atom is 0.161 e. The lowest BCUT2D eigenvalue weighted by Crippen LogP contribution is -2.24. The molecule has 0 fully saturated rings. The molecule has 4 nitrogen and oxygen atoms in total. The largest absolute Gasteiger partial charge is 0.493 e. The zero-order chi connectivity index (χ0) is 14.3. The molecule has 1 N–H and O–H groups in total. The second kappa shape index (κ2) is 8.48. The Morgan fingerprint density at radius 3 is 2.74 bits per heavy atom. The summed E-state index contributed by atoms with van der Waals surface area (Å²) in [6.07, 6.45) is 4.10. The van der Waals surface area contributed by atoms with E-state index in [2.05, 4.69) is 35.9 Å². The van der Waals surface area contributed by atoms with Crippen LogP contribution in [0.25, 0.3) is 0 Å². The van der Waals surface area contributed by atoms with Crippen LogP contribution < -0.4 is 10.1 Å². The number of rotatable bonds is 9. The van der Waals surface area contributed by atoms with Crippen molar-refractivity contribution in [2.45, 2.75) is 51.4 Å². The fourth-order valence-electron chi connectivity index (χ4n) is 1.95. The Bertz CT molecular complexity index is 368. The number of ether oxygens (including phenoxy) is 1. The molecule has 19 heavy (non-hydrogen) atoms.